The lowest BCUT2D eigenvalue weighted by Gasteiger charge is -2.34. The number of ether oxygens (including phenoxy) is 1. The summed E-state index contributed by atoms with van der Waals surface area (Å²) in [5.41, 5.74) is 0. The number of nitrogens with one attached hydrogen (secondary N) is 1. The van der Waals surface area contributed by atoms with Gasteiger partial charge in [-0.3, -0.25) is 4.79 Å². The number of hydrogen-bond acceptors (Lipinski definition) is 4. The van der Waals surface area contributed by atoms with Crippen molar-refractivity contribution in [2.45, 2.75) is 25.0 Å². The van der Waals surface area contributed by atoms with E-state index < -0.39 is 18.1 Å². The van der Waals surface area contributed by atoms with Gasteiger partial charge in [-0.05, 0) is 12.8 Å². The molecule has 0 aliphatic carbocycles. The molecular formula is C10H16N2O4. The fourth-order valence-corrected chi connectivity index (χ4v) is 2.15. The highest BCUT2D eigenvalue weighted by atomic mass is 16.5. The molecule has 2 fully saturated rings. The van der Waals surface area contributed by atoms with Gasteiger partial charge in [0.15, 0.2) is 0 Å². The molecule has 1 amide bonds. The van der Waals surface area contributed by atoms with E-state index in [0.717, 1.165) is 6.42 Å². The van der Waals surface area contributed by atoms with Crippen LogP contribution in [0.5, 0.6) is 0 Å². The highest BCUT2D eigenvalue weighted by molar-refractivity contribution is 5.87. The lowest BCUT2D eigenvalue weighted by molar-refractivity contribution is -0.155. The fraction of sp³-hybridized carbons (Fsp3) is 0.800. The van der Waals surface area contributed by atoms with Crippen LogP contribution in [0.1, 0.15) is 12.8 Å². The summed E-state index contributed by atoms with van der Waals surface area (Å²) in [5, 5.41) is 12.0. The second kappa shape index (κ2) is 4.80. The van der Waals surface area contributed by atoms with Crippen LogP contribution in [-0.2, 0) is 14.3 Å². The Kier molecular flexibility index (Phi) is 3.40. The molecular weight excluding hydrogens is 212 g/mol. The van der Waals surface area contributed by atoms with Gasteiger partial charge in [0.25, 0.3) is 5.91 Å². The van der Waals surface area contributed by atoms with Gasteiger partial charge in [0.2, 0.25) is 0 Å². The Morgan fingerprint density at radius 3 is 2.88 bits per heavy atom. The average Bonchev–Trinajstić information content (AvgIpc) is 2.81. The first-order valence-corrected chi connectivity index (χ1v) is 5.56. The van der Waals surface area contributed by atoms with Crippen LogP contribution in [-0.4, -0.2) is 60.3 Å². The number of amides is 1. The molecule has 2 rings (SSSR count). The lowest BCUT2D eigenvalue weighted by atomic mass is 10.1. The number of hydrogen-bond donors (Lipinski definition) is 2. The molecule has 0 spiro atoms. The first kappa shape index (κ1) is 11.3. The van der Waals surface area contributed by atoms with Gasteiger partial charge >= 0.3 is 5.97 Å². The molecule has 0 radical (unpaired) electrons. The minimum absolute atomic E-state index is 0.175. The number of carbonyl (C=O) groups excluding carboxylic acids is 1. The van der Waals surface area contributed by atoms with Crippen LogP contribution < -0.4 is 5.32 Å². The highest BCUT2D eigenvalue weighted by Crippen LogP contribution is 2.17. The molecule has 2 aliphatic rings. The van der Waals surface area contributed by atoms with Crippen LogP contribution in [0.3, 0.4) is 0 Å². The van der Waals surface area contributed by atoms with Gasteiger partial charge in [0.05, 0.1) is 0 Å². The number of carbonyl (C=O) groups is 2. The second-order valence-corrected chi connectivity index (χ2v) is 4.09. The van der Waals surface area contributed by atoms with E-state index in [0.29, 0.717) is 32.7 Å². The van der Waals surface area contributed by atoms with Crippen molar-refractivity contribution in [2.75, 3.05) is 26.2 Å². The molecule has 0 aromatic heterocycles. The van der Waals surface area contributed by atoms with Gasteiger partial charge in [0.1, 0.15) is 12.1 Å². The molecule has 2 atom stereocenters. The summed E-state index contributed by atoms with van der Waals surface area (Å²) in [7, 11) is 0. The first-order valence-electron chi connectivity index (χ1n) is 5.56. The Labute approximate surface area is 93.6 Å². The molecule has 0 aromatic carbocycles. The SMILES string of the molecule is O=C(O)C1CNCCN1C(=O)C1CCCO1. The van der Waals surface area contributed by atoms with E-state index in [9.17, 15) is 9.59 Å². The monoisotopic (exact) mass is 228 g/mol. The molecule has 90 valence electrons. The maximum atomic E-state index is 12.0. The van der Waals surface area contributed by atoms with Gasteiger partial charge in [-0.25, -0.2) is 4.79 Å². The molecule has 2 N–H and O–H groups in total. The van der Waals surface area contributed by atoms with Crippen LogP contribution in [0, 0.1) is 0 Å². The van der Waals surface area contributed by atoms with Crippen molar-refractivity contribution in [1.29, 1.82) is 0 Å². The van der Waals surface area contributed by atoms with Gasteiger partial charge in [-0.1, -0.05) is 0 Å². The van der Waals surface area contributed by atoms with Gasteiger partial charge in [0, 0.05) is 26.2 Å². The van der Waals surface area contributed by atoms with E-state index in [4.69, 9.17) is 9.84 Å². The molecule has 2 aliphatic heterocycles. The zero-order valence-corrected chi connectivity index (χ0v) is 9.02. The number of aliphatic carboxylic acids is 1. The summed E-state index contributed by atoms with van der Waals surface area (Å²) in [4.78, 5) is 24.5. The normalized spacial score (nSPS) is 30.4. The number of rotatable bonds is 2. The van der Waals surface area contributed by atoms with Crippen LogP contribution in [0.2, 0.25) is 0 Å². The maximum absolute atomic E-state index is 12.0. The van der Waals surface area contributed by atoms with Crippen molar-refractivity contribution >= 4 is 11.9 Å². The van der Waals surface area contributed by atoms with Crippen molar-refractivity contribution in [3.8, 4) is 0 Å². The van der Waals surface area contributed by atoms with Crippen molar-refractivity contribution in [2.24, 2.45) is 0 Å². The summed E-state index contributed by atoms with van der Waals surface area (Å²) in [5.74, 6) is -1.13. The third-order valence-electron chi connectivity index (χ3n) is 3.02. The van der Waals surface area contributed by atoms with Crippen LogP contribution in [0.25, 0.3) is 0 Å². The Hall–Kier alpha value is -1.14. The average molecular weight is 228 g/mol. The number of piperazine rings is 1. The fourth-order valence-electron chi connectivity index (χ4n) is 2.15. The minimum Gasteiger partial charge on any atom is -0.480 e. The smallest absolute Gasteiger partial charge is 0.327 e. The number of carboxylic acids is 1. The van der Waals surface area contributed by atoms with E-state index >= 15 is 0 Å². The van der Waals surface area contributed by atoms with Crippen molar-refractivity contribution in [3.05, 3.63) is 0 Å². The first-order chi connectivity index (χ1) is 7.70. The standard InChI is InChI=1S/C10H16N2O4/c13-9(8-2-1-5-16-8)12-4-3-11-6-7(12)10(14)15/h7-8,11H,1-6H2,(H,14,15). The van der Waals surface area contributed by atoms with E-state index in [1.165, 1.54) is 4.90 Å². The van der Waals surface area contributed by atoms with Crippen molar-refractivity contribution in [1.82, 2.24) is 10.2 Å². The van der Waals surface area contributed by atoms with E-state index in [-0.39, 0.29) is 5.91 Å². The van der Waals surface area contributed by atoms with Gasteiger partial charge in [-0.15, -0.1) is 0 Å². The Bertz CT molecular complexity index is 289. The van der Waals surface area contributed by atoms with Crippen LogP contribution in [0.15, 0.2) is 0 Å². The van der Waals surface area contributed by atoms with Crippen molar-refractivity contribution < 1.29 is 19.4 Å². The van der Waals surface area contributed by atoms with Crippen LogP contribution in [0.4, 0.5) is 0 Å². The van der Waals surface area contributed by atoms with E-state index in [1.807, 2.05) is 0 Å². The lowest BCUT2D eigenvalue weighted by Crippen LogP contribution is -2.59. The largest absolute Gasteiger partial charge is 0.480 e. The number of carboxylic acid groups (broad SMARTS) is 1. The van der Waals surface area contributed by atoms with Gasteiger partial charge in [-0.2, -0.15) is 0 Å². The summed E-state index contributed by atoms with van der Waals surface area (Å²) in [6.07, 6.45) is 1.15. The topological polar surface area (TPSA) is 78.9 Å². The zero-order chi connectivity index (χ0) is 11.5. The Morgan fingerprint density at radius 1 is 1.44 bits per heavy atom. The third-order valence-corrected chi connectivity index (χ3v) is 3.02. The summed E-state index contributed by atoms with van der Waals surface area (Å²) < 4.78 is 5.29. The predicted octanol–water partition coefficient (Wildman–Crippen LogP) is -0.950. The molecule has 0 bridgehead atoms. The summed E-state index contributed by atoms with van der Waals surface area (Å²) in [6, 6.07) is -0.759. The molecule has 0 saturated carbocycles. The molecule has 2 heterocycles. The second-order valence-electron chi connectivity index (χ2n) is 4.09. The Morgan fingerprint density at radius 2 is 2.25 bits per heavy atom. The summed E-state index contributed by atoms with van der Waals surface area (Å²) in [6.45, 7) is 1.99. The molecule has 6 heteroatoms. The zero-order valence-electron chi connectivity index (χ0n) is 9.02. The van der Waals surface area contributed by atoms with E-state index in [2.05, 4.69) is 5.32 Å². The minimum atomic E-state index is -0.960. The third kappa shape index (κ3) is 2.17. The number of nitrogens with zero attached hydrogens (tertiary/aromatic N) is 1. The quantitative estimate of drug-likeness (QED) is 0.637. The molecule has 2 saturated heterocycles. The molecule has 16 heavy (non-hydrogen) atoms. The maximum Gasteiger partial charge on any atom is 0.327 e. The van der Waals surface area contributed by atoms with Gasteiger partial charge < -0.3 is 20.1 Å². The van der Waals surface area contributed by atoms with E-state index in [1.54, 1.807) is 0 Å². The molecule has 6 nitrogen and oxygen atoms in total. The highest BCUT2D eigenvalue weighted by Gasteiger charge is 2.36. The van der Waals surface area contributed by atoms with Crippen molar-refractivity contribution in [3.63, 3.8) is 0 Å². The van der Waals surface area contributed by atoms with Crippen LogP contribution >= 0.6 is 0 Å². The predicted molar refractivity (Wildman–Crippen MR) is 55.0 cm³/mol. The molecule has 2 unspecified atom stereocenters. The summed E-state index contributed by atoms with van der Waals surface area (Å²) >= 11 is 0. The molecule has 0 aromatic rings. The Balaban J connectivity index is 2.04.